The molecule has 0 fully saturated rings. The van der Waals surface area contributed by atoms with E-state index in [4.69, 9.17) is 0 Å². The first-order chi connectivity index (χ1) is 6.99. The third-order valence-electron chi connectivity index (χ3n) is 2.35. The summed E-state index contributed by atoms with van der Waals surface area (Å²) in [6.07, 6.45) is 1.94. The van der Waals surface area contributed by atoms with E-state index >= 15 is 0 Å². The molecule has 0 aromatic heterocycles. The van der Waals surface area contributed by atoms with Crippen molar-refractivity contribution in [2.45, 2.75) is 31.5 Å². The summed E-state index contributed by atoms with van der Waals surface area (Å²) >= 11 is 6.93. The summed E-state index contributed by atoms with van der Waals surface area (Å²) in [5.41, 5.74) is 1.05. The van der Waals surface area contributed by atoms with Crippen molar-refractivity contribution in [1.29, 1.82) is 0 Å². The molecule has 0 amide bonds. The molecule has 0 heterocycles. The van der Waals surface area contributed by atoms with Crippen LogP contribution < -0.4 is 0 Å². The van der Waals surface area contributed by atoms with Crippen LogP contribution in [0, 0.1) is 11.7 Å². The maximum absolute atomic E-state index is 13.1. The summed E-state index contributed by atoms with van der Waals surface area (Å²) < 4.78 is 13.9. The van der Waals surface area contributed by atoms with Gasteiger partial charge in [0.2, 0.25) is 0 Å². The van der Waals surface area contributed by atoms with Gasteiger partial charge in [-0.1, -0.05) is 45.7 Å². The first kappa shape index (κ1) is 13.2. The predicted molar refractivity (Wildman–Crippen MR) is 70.0 cm³/mol. The lowest BCUT2D eigenvalue weighted by molar-refractivity contribution is 0.579. The number of hydrogen-bond acceptors (Lipinski definition) is 0. The van der Waals surface area contributed by atoms with Gasteiger partial charge in [-0.05, 0) is 42.5 Å². The van der Waals surface area contributed by atoms with Crippen LogP contribution >= 0.6 is 31.9 Å². The zero-order valence-corrected chi connectivity index (χ0v) is 12.1. The molecular formula is C12H15Br2F. The van der Waals surface area contributed by atoms with E-state index in [0.29, 0.717) is 10.7 Å². The van der Waals surface area contributed by atoms with E-state index in [1.165, 1.54) is 6.07 Å². The Morgan fingerprint density at radius 1 is 1.27 bits per heavy atom. The van der Waals surface area contributed by atoms with Gasteiger partial charge in [0.25, 0.3) is 0 Å². The Balaban J connectivity index is 2.57. The van der Waals surface area contributed by atoms with Crippen molar-refractivity contribution in [3.8, 4) is 0 Å². The van der Waals surface area contributed by atoms with E-state index in [1.54, 1.807) is 6.07 Å². The second kappa shape index (κ2) is 6.00. The molecule has 3 heteroatoms. The van der Waals surface area contributed by atoms with Crippen LogP contribution in [0.15, 0.2) is 22.7 Å². The fourth-order valence-electron chi connectivity index (χ4n) is 1.39. The minimum atomic E-state index is -0.171. The lowest BCUT2D eigenvalue weighted by atomic mass is 10.0. The highest BCUT2D eigenvalue weighted by molar-refractivity contribution is 9.10. The number of halogens is 3. The zero-order chi connectivity index (χ0) is 11.4. The summed E-state index contributed by atoms with van der Waals surface area (Å²) in [4.78, 5) is 0.500. The van der Waals surface area contributed by atoms with Gasteiger partial charge in [0, 0.05) is 9.30 Å². The van der Waals surface area contributed by atoms with Crippen molar-refractivity contribution in [2.24, 2.45) is 5.92 Å². The molecule has 1 rings (SSSR count). The molecule has 1 aromatic carbocycles. The molecule has 0 aliphatic heterocycles. The number of benzene rings is 1. The Bertz CT molecular complexity index is 303. The molecule has 15 heavy (non-hydrogen) atoms. The van der Waals surface area contributed by atoms with Crippen molar-refractivity contribution >= 4 is 31.9 Å². The zero-order valence-electron chi connectivity index (χ0n) is 8.93. The molecule has 84 valence electrons. The second-order valence-electron chi connectivity index (χ2n) is 4.08. The average Bonchev–Trinajstić information content (AvgIpc) is 2.12. The van der Waals surface area contributed by atoms with Gasteiger partial charge < -0.3 is 0 Å². The van der Waals surface area contributed by atoms with Gasteiger partial charge in [0.15, 0.2) is 0 Å². The van der Waals surface area contributed by atoms with Crippen LogP contribution in [0.5, 0.6) is 0 Å². The molecule has 1 unspecified atom stereocenters. The number of hydrogen-bond donors (Lipinski definition) is 0. The van der Waals surface area contributed by atoms with Crippen molar-refractivity contribution in [2.75, 3.05) is 0 Å². The molecular weight excluding hydrogens is 323 g/mol. The van der Waals surface area contributed by atoms with Crippen molar-refractivity contribution in [3.05, 3.63) is 34.1 Å². The Hall–Kier alpha value is 0.110. The molecule has 0 bridgehead atoms. The van der Waals surface area contributed by atoms with Crippen LogP contribution in [0.1, 0.15) is 25.8 Å². The van der Waals surface area contributed by atoms with Crippen molar-refractivity contribution in [1.82, 2.24) is 0 Å². The highest BCUT2D eigenvalue weighted by Gasteiger charge is 2.09. The summed E-state index contributed by atoms with van der Waals surface area (Å²) in [5, 5.41) is 0. The summed E-state index contributed by atoms with van der Waals surface area (Å²) in [6, 6.07) is 5.06. The van der Waals surface area contributed by atoms with E-state index in [2.05, 4.69) is 45.7 Å². The highest BCUT2D eigenvalue weighted by Crippen LogP contribution is 2.21. The van der Waals surface area contributed by atoms with Crippen LogP contribution in [0.2, 0.25) is 0 Å². The molecule has 0 radical (unpaired) electrons. The molecule has 0 saturated heterocycles. The smallest absolute Gasteiger partial charge is 0.124 e. The maximum Gasteiger partial charge on any atom is 0.124 e. The van der Waals surface area contributed by atoms with E-state index in [-0.39, 0.29) is 5.82 Å². The van der Waals surface area contributed by atoms with Crippen molar-refractivity contribution in [3.63, 3.8) is 0 Å². The van der Waals surface area contributed by atoms with Gasteiger partial charge >= 0.3 is 0 Å². The van der Waals surface area contributed by atoms with E-state index < -0.39 is 0 Å². The van der Waals surface area contributed by atoms with Gasteiger partial charge in [-0.3, -0.25) is 0 Å². The quantitative estimate of drug-likeness (QED) is 0.682. The summed E-state index contributed by atoms with van der Waals surface area (Å²) in [6.45, 7) is 4.36. The van der Waals surface area contributed by atoms with Crippen LogP contribution in [-0.2, 0) is 6.42 Å². The van der Waals surface area contributed by atoms with Gasteiger partial charge in [-0.25, -0.2) is 4.39 Å². The third-order valence-corrected chi connectivity index (χ3v) is 4.33. The molecule has 0 spiro atoms. The largest absolute Gasteiger partial charge is 0.207 e. The minimum Gasteiger partial charge on any atom is -0.207 e. The fourth-order valence-corrected chi connectivity index (χ4v) is 2.13. The SMILES string of the molecule is CC(C)C(Br)CCc1cc(F)cc(Br)c1. The molecule has 0 saturated carbocycles. The monoisotopic (exact) mass is 336 g/mol. The first-order valence-electron chi connectivity index (χ1n) is 5.08. The number of rotatable bonds is 4. The highest BCUT2D eigenvalue weighted by atomic mass is 79.9. The predicted octanol–water partition coefficient (Wildman–Crippen LogP) is 4.94. The molecule has 1 atom stereocenters. The number of alkyl halides is 1. The molecule has 0 aliphatic rings. The Labute approximate surface area is 108 Å². The second-order valence-corrected chi connectivity index (χ2v) is 6.17. The van der Waals surface area contributed by atoms with Crippen LogP contribution in [0.25, 0.3) is 0 Å². The van der Waals surface area contributed by atoms with Crippen LogP contribution in [0.3, 0.4) is 0 Å². The lowest BCUT2D eigenvalue weighted by Crippen LogP contribution is -2.08. The van der Waals surface area contributed by atoms with Crippen molar-refractivity contribution < 1.29 is 4.39 Å². The van der Waals surface area contributed by atoms with Gasteiger partial charge in [0.05, 0.1) is 0 Å². The van der Waals surface area contributed by atoms with E-state index in [9.17, 15) is 4.39 Å². The van der Waals surface area contributed by atoms with Gasteiger partial charge in [-0.15, -0.1) is 0 Å². The summed E-state index contributed by atoms with van der Waals surface area (Å²) in [7, 11) is 0. The topological polar surface area (TPSA) is 0 Å². The van der Waals surface area contributed by atoms with Crippen LogP contribution in [-0.4, -0.2) is 4.83 Å². The van der Waals surface area contributed by atoms with Crippen LogP contribution in [0.4, 0.5) is 4.39 Å². The lowest BCUT2D eigenvalue weighted by Gasteiger charge is -2.13. The molecule has 0 N–H and O–H groups in total. The normalized spacial score (nSPS) is 13.2. The first-order valence-corrected chi connectivity index (χ1v) is 6.79. The molecule has 0 aliphatic carbocycles. The third kappa shape index (κ3) is 4.64. The Morgan fingerprint density at radius 2 is 1.93 bits per heavy atom. The fraction of sp³-hybridized carbons (Fsp3) is 0.500. The maximum atomic E-state index is 13.1. The Morgan fingerprint density at radius 3 is 2.47 bits per heavy atom. The number of aryl methyl sites for hydroxylation is 1. The molecule has 0 nitrogen and oxygen atoms in total. The van der Waals surface area contributed by atoms with E-state index in [0.717, 1.165) is 22.9 Å². The average molecular weight is 338 g/mol. The van der Waals surface area contributed by atoms with Gasteiger partial charge in [0.1, 0.15) is 5.82 Å². The standard InChI is InChI=1S/C12H15Br2F/c1-8(2)12(14)4-3-9-5-10(13)7-11(15)6-9/h5-8,12H,3-4H2,1-2H3. The van der Waals surface area contributed by atoms with E-state index in [1.807, 2.05) is 6.07 Å². The minimum absolute atomic E-state index is 0.171. The Kier molecular flexibility index (Phi) is 5.27. The van der Waals surface area contributed by atoms with Gasteiger partial charge in [-0.2, -0.15) is 0 Å². The molecule has 1 aromatic rings. The summed E-state index contributed by atoms with van der Waals surface area (Å²) in [5.74, 6) is 0.442.